The Balaban J connectivity index is 1.32. The molecule has 0 saturated carbocycles. The van der Waals surface area contributed by atoms with E-state index in [2.05, 4.69) is 37.9 Å². The predicted molar refractivity (Wildman–Crippen MR) is 134 cm³/mol. The van der Waals surface area contributed by atoms with Gasteiger partial charge in [-0.05, 0) is 63.4 Å². The molecule has 0 bridgehead atoms. The van der Waals surface area contributed by atoms with Gasteiger partial charge in [-0.15, -0.1) is 0 Å². The predicted octanol–water partition coefficient (Wildman–Crippen LogP) is 3.24. The third kappa shape index (κ3) is 5.46. The number of benzene rings is 2. The lowest BCUT2D eigenvalue weighted by molar-refractivity contribution is -0.127. The van der Waals surface area contributed by atoms with Crippen molar-refractivity contribution in [2.24, 2.45) is 5.92 Å². The van der Waals surface area contributed by atoms with E-state index in [0.717, 1.165) is 23.9 Å². The highest BCUT2D eigenvalue weighted by atomic mass is 32.2. The van der Waals surface area contributed by atoms with Gasteiger partial charge in [0.25, 0.3) is 0 Å². The van der Waals surface area contributed by atoms with Gasteiger partial charge in [0.1, 0.15) is 0 Å². The fraction of sp³-hybridized carbons (Fsp3) is 0.577. The van der Waals surface area contributed by atoms with Crippen molar-refractivity contribution in [1.29, 1.82) is 0 Å². The average Bonchev–Trinajstić information content (AvgIpc) is 2.81. The standard InChI is InChI=1S/C26H37N3O4S/c1-19-16-28(17-20(2)33-19)26(3,4)18-27-25(30)22-11-13-29(14-12-22)34(31,32)24-10-9-21-7-5-6-8-23(21)15-24/h5-10,15,19-20,22H,11-14,16-18H2,1-4H3,(H,27,30)/t19-,20+. The molecule has 1 amide bonds. The Hall–Kier alpha value is -2.00. The molecule has 0 spiro atoms. The van der Waals surface area contributed by atoms with Gasteiger partial charge in [-0.1, -0.05) is 30.3 Å². The average molecular weight is 488 g/mol. The topological polar surface area (TPSA) is 79.0 Å². The zero-order chi connectivity index (χ0) is 24.5. The lowest BCUT2D eigenvalue weighted by atomic mass is 9.95. The molecule has 8 heteroatoms. The van der Waals surface area contributed by atoms with E-state index >= 15 is 0 Å². The lowest BCUT2D eigenvalue weighted by Gasteiger charge is -2.45. The molecule has 1 N–H and O–H groups in total. The van der Waals surface area contributed by atoms with Crippen molar-refractivity contribution in [3.63, 3.8) is 0 Å². The molecule has 2 aliphatic rings. The van der Waals surface area contributed by atoms with E-state index in [1.807, 2.05) is 30.3 Å². The van der Waals surface area contributed by atoms with Crippen LogP contribution in [0.25, 0.3) is 10.8 Å². The van der Waals surface area contributed by atoms with E-state index in [1.54, 1.807) is 12.1 Å². The van der Waals surface area contributed by atoms with E-state index in [0.29, 0.717) is 37.4 Å². The molecule has 2 aromatic rings. The number of hydrogen-bond acceptors (Lipinski definition) is 5. The van der Waals surface area contributed by atoms with Crippen molar-refractivity contribution < 1.29 is 17.9 Å². The maximum absolute atomic E-state index is 13.2. The minimum Gasteiger partial charge on any atom is -0.373 e. The second-order valence-electron chi connectivity index (χ2n) is 10.4. The van der Waals surface area contributed by atoms with E-state index < -0.39 is 10.0 Å². The summed E-state index contributed by atoms with van der Waals surface area (Å²) in [5.74, 6) is -0.147. The zero-order valence-electron chi connectivity index (χ0n) is 20.7. The third-order valence-electron chi connectivity index (χ3n) is 7.15. The first-order chi connectivity index (χ1) is 16.1. The molecule has 2 fully saturated rings. The minimum atomic E-state index is -3.58. The van der Waals surface area contributed by atoms with Gasteiger partial charge in [0, 0.05) is 44.2 Å². The number of nitrogens with one attached hydrogen (secondary N) is 1. The molecule has 7 nitrogen and oxygen atoms in total. The van der Waals surface area contributed by atoms with Crippen molar-refractivity contribution in [2.45, 2.75) is 63.2 Å². The van der Waals surface area contributed by atoms with Gasteiger partial charge in [-0.25, -0.2) is 8.42 Å². The summed E-state index contributed by atoms with van der Waals surface area (Å²) in [6.07, 6.45) is 1.41. The molecular weight excluding hydrogens is 450 g/mol. The molecule has 34 heavy (non-hydrogen) atoms. The summed E-state index contributed by atoms with van der Waals surface area (Å²) in [6, 6.07) is 13.0. The normalized spacial score (nSPS) is 23.8. The Morgan fingerprint density at radius 2 is 1.65 bits per heavy atom. The molecule has 4 rings (SSSR count). The van der Waals surface area contributed by atoms with E-state index in [-0.39, 0.29) is 29.6 Å². The third-order valence-corrected chi connectivity index (χ3v) is 9.05. The van der Waals surface area contributed by atoms with E-state index in [9.17, 15) is 13.2 Å². The van der Waals surface area contributed by atoms with Crippen LogP contribution in [0.15, 0.2) is 47.4 Å². The largest absolute Gasteiger partial charge is 0.373 e. The maximum Gasteiger partial charge on any atom is 0.243 e. The van der Waals surface area contributed by atoms with Gasteiger partial charge in [0.2, 0.25) is 15.9 Å². The first-order valence-corrected chi connectivity index (χ1v) is 13.7. The molecule has 0 radical (unpaired) electrons. The van der Waals surface area contributed by atoms with Crippen LogP contribution in [-0.2, 0) is 19.6 Å². The van der Waals surface area contributed by atoms with Crippen LogP contribution in [-0.4, -0.2) is 74.0 Å². The number of fused-ring (bicyclic) bond motifs is 1. The summed E-state index contributed by atoms with van der Waals surface area (Å²) >= 11 is 0. The number of rotatable bonds is 6. The van der Waals surface area contributed by atoms with Crippen LogP contribution in [0, 0.1) is 5.92 Å². The summed E-state index contributed by atoms with van der Waals surface area (Å²) < 4.78 is 33.8. The smallest absolute Gasteiger partial charge is 0.243 e. The highest BCUT2D eigenvalue weighted by Crippen LogP contribution is 2.27. The van der Waals surface area contributed by atoms with Crippen LogP contribution in [0.5, 0.6) is 0 Å². The van der Waals surface area contributed by atoms with Crippen LogP contribution in [0.1, 0.15) is 40.5 Å². The highest BCUT2D eigenvalue weighted by molar-refractivity contribution is 7.89. The summed E-state index contributed by atoms with van der Waals surface area (Å²) in [7, 11) is -3.58. The van der Waals surface area contributed by atoms with Crippen LogP contribution in [0.3, 0.4) is 0 Å². The second-order valence-corrected chi connectivity index (χ2v) is 12.3. The number of hydrogen-bond donors (Lipinski definition) is 1. The van der Waals surface area contributed by atoms with Gasteiger partial charge < -0.3 is 10.1 Å². The molecule has 2 aromatic carbocycles. The summed E-state index contributed by atoms with van der Waals surface area (Å²) in [6.45, 7) is 11.4. The fourth-order valence-electron chi connectivity index (χ4n) is 5.07. The van der Waals surface area contributed by atoms with Gasteiger partial charge in [-0.3, -0.25) is 9.69 Å². The molecule has 2 atom stereocenters. The molecule has 0 aromatic heterocycles. The highest BCUT2D eigenvalue weighted by Gasteiger charge is 2.35. The summed E-state index contributed by atoms with van der Waals surface area (Å²) in [5, 5.41) is 5.06. The van der Waals surface area contributed by atoms with Crippen LogP contribution in [0.4, 0.5) is 0 Å². The summed E-state index contributed by atoms with van der Waals surface area (Å²) in [5.41, 5.74) is -0.178. The Labute approximate surface area is 203 Å². The Morgan fingerprint density at radius 3 is 2.29 bits per heavy atom. The van der Waals surface area contributed by atoms with E-state index in [4.69, 9.17) is 4.74 Å². The van der Waals surface area contributed by atoms with Crippen LogP contribution < -0.4 is 5.32 Å². The van der Waals surface area contributed by atoms with Gasteiger partial charge in [-0.2, -0.15) is 4.31 Å². The van der Waals surface area contributed by atoms with Crippen molar-refractivity contribution in [3.05, 3.63) is 42.5 Å². The van der Waals surface area contributed by atoms with Crippen molar-refractivity contribution in [3.8, 4) is 0 Å². The van der Waals surface area contributed by atoms with Crippen molar-refractivity contribution >= 4 is 26.7 Å². The molecule has 186 valence electrons. The number of nitrogens with zero attached hydrogens (tertiary/aromatic N) is 2. The SMILES string of the molecule is C[C@@H]1CN(C(C)(C)CNC(=O)C2CCN(S(=O)(=O)c3ccc4ccccc4c3)CC2)C[C@H](C)O1. The first kappa shape index (κ1) is 25.1. The van der Waals surface area contributed by atoms with E-state index in [1.165, 1.54) is 4.31 Å². The fourth-order valence-corrected chi connectivity index (χ4v) is 6.57. The monoisotopic (exact) mass is 487 g/mol. The summed E-state index contributed by atoms with van der Waals surface area (Å²) in [4.78, 5) is 15.6. The molecule has 0 aliphatic carbocycles. The number of sulfonamides is 1. The number of carbonyl (C=O) groups excluding carboxylic acids is 1. The van der Waals surface area contributed by atoms with Crippen molar-refractivity contribution in [1.82, 2.24) is 14.5 Å². The number of amides is 1. The molecular formula is C26H37N3O4S. The van der Waals surface area contributed by atoms with Crippen LogP contribution in [0.2, 0.25) is 0 Å². The Kier molecular flexibility index (Phi) is 7.33. The lowest BCUT2D eigenvalue weighted by Crippen LogP contribution is -2.59. The number of piperidine rings is 1. The zero-order valence-corrected chi connectivity index (χ0v) is 21.5. The number of ether oxygens (including phenoxy) is 1. The van der Waals surface area contributed by atoms with Crippen molar-refractivity contribution in [2.75, 3.05) is 32.7 Å². The Morgan fingerprint density at radius 1 is 1.03 bits per heavy atom. The quantitative estimate of drug-likeness (QED) is 0.677. The first-order valence-electron chi connectivity index (χ1n) is 12.2. The Bertz CT molecular complexity index is 1120. The van der Waals surface area contributed by atoms with Gasteiger partial charge in [0.05, 0.1) is 17.1 Å². The molecule has 2 heterocycles. The maximum atomic E-state index is 13.2. The van der Waals surface area contributed by atoms with Crippen LogP contribution >= 0.6 is 0 Å². The molecule has 2 saturated heterocycles. The molecule has 2 aliphatic heterocycles. The number of morpholine rings is 1. The number of carbonyl (C=O) groups is 1. The van der Waals surface area contributed by atoms with Gasteiger partial charge >= 0.3 is 0 Å². The molecule has 0 unspecified atom stereocenters. The second kappa shape index (κ2) is 9.93. The minimum absolute atomic E-state index is 0.0187. The van der Waals surface area contributed by atoms with Gasteiger partial charge in [0.15, 0.2) is 0 Å².